The van der Waals surface area contributed by atoms with E-state index in [0.29, 0.717) is 22.0 Å². The summed E-state index contributed by atoms with van der Waals surface area (Å²) in [5.74, 6) is -0.778. The van der Waals surface area contributed by atoms with Crippen LogP contribution in [0.25, 0.3) is 6.08 Å². The summed E-state index contributed by atoms with van der Waals surface area (Å²) in [5.41, 5.74) is 1.60. The van der Waals surface area contributed by atoms with Gasteiger partial charge in [-0.2, -0.15) is 0 Å². The van der Waals surface area contributed by atoms with Crippen molar-refractivity contribution in [3.63, 3.8) is 0 Å². The largest absolute Gasteiger partial charge is 0.465 e. The lowest BCUT2D eigenvalue weighted by Crippen LogP contribution is -2.55. The zero-order valence-corrected chi connectivity index (χ0v) is 18.8. The Morgan fingerprint density at radius 3 is 2.59 bits per heavy atom. The third kappa shape index (κ3) is 4.55. The maximum absolute atomic E-state index is 12.6. The van der Waals surface area contributed by atoms with Gasteiger partial charge >= 0.3 is 5.97 Å². The fraction of sp³-hybridized carbons (Fsp3) is 0.364. The normalized spacial score (nSPS) is 17.0. The van der Waals surface area contributed by atoms with Crippen molar-refractivity contribution in [3.05, 3.63) is 56.9 Å². The minimum Gasteiger partial charge on any atom is -0.465 e. The highest BCUT2D eigenvalue weighted by molar-refractivity contribution is 7.17. The lowest BCUT2D eigenvalue weighted by molar-refractivity contribution is -0.111. The van der Waals surface area contributed by atoms with Gasteiger partial charge < -0.3 is 15.4 Å². The number of hydrogen-bond acceptors (Lipinski definition) is 5. The minimum absolute atomic E-state index is 0.189. The predicted molar refractivity (Wildman–Crippen MR) is 119 cm³/mol. The number of rotatable bonds is 4. The third-order valence-corrected chi connectivity index (χ3v) is 6.61. The van der Waals surface area contributed by atoms with Crippen LogP contribution in [-0.2, 0) is 21.5 Å². The molecule has 1 aliphatic rings. The van der Waals surface area contributed by atoms with Crippen molar-refractivity contribution in [1.29, 1.82) is 0 Å². The first-order chi connectivity index (χ1) is 13.5. The number of nitrogens with one attached hydrogen (secondary N) is 2. The topological polar surface area (TPSA) is 67.4 Å². The molecule has 0 saturated heterocycles. The Labute approximate surface area is 180 Å². The van der Waals surface area contributed by atoms with E-state index in [1.165, 1.54) is 24.5 Å². The zero-order valence-electron chi connectivity index (χ0n) is 17.2. The number of fused-ring (bicyclic) bond motifs is 1. The number of carbonyl (C=O) groups is 2. The molecule has 1 aromatic carbocycles. The number of esters is 1. The van der Waals surface area contributed by atoms with Crippen LogP contribution in [0.4, 0.5) is 5.00 Å². The summed E-state index contributed by atoms with van der Waals surface area (Å²) in [6.45, 7) is 8.35. The summed E-state index contributed by atoms with van der Waals surface area (Å²) in [4.78, 5) is 26.2. The van der Waals surface area contributed by atoms with Crippen LogP contribution in [0.5, 0.6) is 0 Å². The average Bonchev–Trinajstić information content (AvgIpc) is 2.97. The molecule has 7 heteroatoms. The Morgan fingerprint density at radius 2 is 1.93 bits per heavy atom. The first-order valence-corrected chi connectivity index (χ1v) is 10.5. The summed E-state index contributed by atoms with van der Waals surface area (Å²) >= 11 is 7.54. The quantitative estimate of drug-likeness (QED) is 0.527. The van der Waals surface area contributed by atoms with Crippen molar-refractivity contribution in [1.82, 2.24) is 5.32 Å². The number of thiophene rings is 1. The molecule has 0 saturated carbocycles. The van der Waals surface area contributed by atoms with Crippen LogP contribution in [0.15, 0.2) is 30.3 Å². The van der Waals surface area contributed by atoms with E-state index in [9.17, 15) is 9.59 Å². The lowest BCUT2D eigenvalue weighted by Gasteiger charge is -2.42. The van der Waals surface area contributed by atoms with Crippen molar-refractivity contribution in [3.8, 4) is 0 Å². The van der Waals surface area contributed by atoms with E-state index in [-0.39, 0.29) is 17.0 Å². The molecule has 0 aliphatic carbocycles. The van der Waals surface area contributed by atoms with Gasteiger partial charge in [-0.1, -0.05) is 29.8 Å². The van der Waals surface area contributed by atoms with Crippen molar-refractivity contribution in [2.45, 2.75) is 45.2 Å². The summed E-state index contributed by atoms with van der Waals surface area (Å²) in [7, 11) is 1.35. The van der Waals surface area contributed by atoms with Crippen LogP contribution in [0.1, 0.15) is 54.1 Å². The van der Waals surface area contributed by atoms with Gasteiger partial charge in [-0.05, 0) is 57.4 Å². The van der Waals surface area contributed by atoms with E-state index in [4.69, 9.17) is 16.3 Å². The average molecular weight is 433 g/mol. The van der Waals surface area contributed by atoms with Crippen LogP contribution in [0.2, 0.25) is 5.02 Å². The van der Waals surface area contributed by atoms with Gasteiger partial charge in [-0.25, -0.2) is 4.79 Å². The maximum atomic E-state index is 12.6. The third-order valence-electron chi connectivity index (χ3n) is 4.79. The summed E-state index contributed by atoms with van der Waals surface area (Å²) in [5, 5.41) is 7.53. The van der Waals surface area contributed by atoms with Gasteiger partial charge in [0.2, 0.25) is 5.91 Å². The molecular weight excluding hydrogens is 408 g/mol. The number of methoxy groups -OCH3 is 1. The maximum Gasteiger partial charge on any atom is 0.341 e. The standard InChI is InChI=1S/C22H25ClN2O3S/c1-21(2)12-14-17(20(27)28-5)19(29-18(14)22(3,4)25-21)24-16(26)11-10-13-8-6-7-9-15(13)23/h6-11,25H,12H2,1-5H3,(H,24,26). The first kappa shape index (κ1) is 21.6. The van der Waals surface area contributed by atoms with E-state index in [1.807, 2.05) is 18.2 Å². The molecule has 0 radical (unpaired) electrons. The molecule has 0 unspecified atom stereocenters. The Morgan fingerprint density at radius 1 is 1.24 bits per heavy atom. The van der Waals surface area contributed by atoms with E-state index >= 15 is 0 Å². The Hall–Kier alpha value is -2.15. The van der Waals surface area contributed by atoms with Gasteiger partial charge in [0.05, 0.1) is 12.7 Å². The first-order valence-electron chi connectivity index (χ1n) is 9.31. The van der Waals surface area contributed by atoms with Crippen LogP contribution >= 0.6 is 22.9 Å². The molecule has 0 atom stereocenters. The second kappa shape index (κ2) is 7.94. The molecule has 0 bridgehead atoms. The monoisotopic (exact) mass is 432 g/mol. The number of benzene rings is 1. The summed E-state index contributed by atoms with van der Waals surface area (Å²) in [6, 6.07) is 7.27. The number of hydrogen-bond donors (Lipinski definition) is 2. The van der Waals surface area contributed by atoms with Gasteiger partial charge in [0, 0.05) is 27.1 Å². The van der Waals surface area contributed by atoms with Gasteiger partial charge in [0.1, 0.15) is 5.00 Å². The molecule has 5 nitrogen and oxygen atoms in total. The summed E-state index contributed by atoms with van der Waals surface area (Å²) < 4.78 is 5.02. The highest BCUT2D eigenvalue weighted by atomic mass is 35.5. The van der Waals surface area contributed by atoms with Crippen molar-refractivity contribution in [2.75, 3.05) is 12.4 Å². The molecule has 1 amide bonds. The van der Waals surface area contributed by atoms with Crippen LogP contribution in [0, 0.1) is 0 Å². The Bertz CT molecular complexity index is 992. The SMILES string of the molecule is COC(=O)c1c(NC(=O)C=Cc2ccccc2Cl)sc2c1CC(C)(C)NC2(C)C. The fourth-order valence-corrected chi connectivity index (χ4v) is 5.33. The van der Waals surface area contributed by atoms with Crippen molar-refractivity contribution in [2.24, 2.45) is 0 Å². The molecule has 2 aromatic rings. The van der Waals surface area contributed by atoms with Crippen molar-refractivity contribution >= 4 is 45.9 Å². The molecule has 0 fully saturated rings. The molecular formula is C22H25ClN2O3S. The molecule has 3 rings (SSSR count). The Kier molecular flexibility index (Phi) is 5.90. The van der Waals surface area contributed by atoms with Crippen LogP contribution in [0.3, 0.4) is 0 Å². The smallest absolute Gasteiger partial charge is 0.341 e. The second-order valence-corrected chi connectivity index (χ2v) is 9.69. The molecule has 2 N–H and O–H groups in total. The number of carbonyl (C=O) groups excluding carboxylic acids is 2. The second-order valence-electron chi connectivity index (χ2n) is 8.26. The van der Waals surface area contributed by atoms with Crippen molar-refractivity contribution < 1.29 is 14.3 Å². The summed E-state index contributed by atoms with van der Waals surface area (Å²) in [6.07, 6.45) is 3.73. The number of halogens is 1. The highest BCUT2D eigenvalue weighted by Gasteiger charge is 2.42. The molecule has 154 valence electrons. The minimum atomic E-state index is -0.443. The molecule has 0 spiro atoms. The van der Waals surface area contributed by atoms with Gasteiger partial charge in [-0.15, -0.1) is 11.3 Å². The van der Waals surface area contributed by atoms with E-state index in [2.05, 4.69) is 38.3 Å². The lowest BCUT2D eigenvalue weighted by atomic mass is 9.81. The Balaban J connectivity index is 1.96. The number of anilines is 1. The van der Waals surface area contributed by atoms with Gasteiger partial charge in [-0.3, -0.25) is 4.79 Å². The van der Waals surface area contributed by atoms with Crippen LogP contribution < -0.4 is 10.6 Å². The van der Waals surface area contributed by atoms with Gasteiger partial charge in [0.15, 0.2) is 0 Å². The van der Waals surface area contributed by atoms with E-state index in [0.717, 1.165) is 16.0 Å². The van der Waals surface area contributed by atoms with Gasteiger partial charge in [0.25, 0.3) is 0 Å². The van der Waals surface area contributed by atoms with Crippen LogP contribution in [-0.4, -0.2) is 24.5 Å². The molecule has 2 heterocycles. The fourth-order valence-electron chi connectivity index (χ4n) is 3.86. The highest BCUT2D eigenvalue weighted by Crippen LogP contribution is 2.45. The zero-order chi connectivity index (χ0) is 21.4. The molecule has 29 heavy (non-hydrogen) atoms. The molecule has 1 aliphatic heterocycles. The number of amides is 1. The molecule has 1 aromatic heterocycles. The van der Waals surface area contributed by atoms with E-state index in [1.54, 1.807) is 12.1 Å². The number of ether oxygens (including phenoxy) is 1. The predicted octanol–water partition coefficient (Wildman–Crippen LogP) is 5.00. The van der Waals surface area contributed by atoms with E-state index < -0.39 is 5.97 Å².